The lowest BCUT2D eigenvalue weighted by Crippen LogP contribution is -2.25. The zero-order chi connectivity index (χ0) is 22.9. The minimum atomic E-state index is -0.0324. The summed E-state index contributed by atoms with van der Waals surface area (Å²) in [5.74, 6) is 0.768. The van der Waals surface area contributed by atoms with Crippen molar-refractivity contribution < 1.29 is 9.59 Å². The number of hydrogen-bond acceptors (Lipinski definition) is 5. The smallest absolute Gasteiger partial charge is 0.227 e. The molecule has 0 saturated heterocycles. The summed E-state index contributed by atoms with van der Waals surface area (Å²) in [5.41, 5.74) is 2.65. The van der Waals surface area contributed by atoms with E-state index in [0.29, 0.717) is 31.8 Å². The van der Waals surface area contributed by atoms with Gasteiger partial charge in [0.1, 0.15) is 0 Å². The molecule has 172 valence electrons. The molecule has 0 aliphatic heterocycles. The van der Waals surface area contributed by atoms with Crippen LogP contribution in [-0.4, -0.2) is 32.0 Å². The van der Waals surface area contributed by atoms with Crippen molar-refractivity contribution in [2.45, 2.75) is 58.0 Å². The first kappa shape index (κ1) is 22.6. The Morgan fingerprint density at radius 2 is 1.82 bits per heavy atom. The number of nitrogens with one attached hydrogen (secondary N) is 2. The predicted molar refractivity (Wildman–Crippen MR) is 126 cm³/mol. The fourth-order valence-corrected chi connectivity index (χ4v) is 4.08. The summed E-state index contributed by atoms with van der Waals surface area (Å²) in [5, 5.41) is 18.5. The van der Waals surface area contributed by atoms with Gasteiger partial charge < -0.3 is 10.6 Å². The van der Waals surface area contributed by atoms with E-state index in [4.69, 9.17) is 0 Å². The normalized spacial score (nSPS) is 14.1. The minimum Gasteiger partial charge on any atom is -0.352 e. The van der Waals surface area contributed by atoms with Crippen molar-refractivity contribution in [2.75, 3.05) is 5.32 Å². The SMILES string of the molecule is O=C(CCCn1nnc(-c2ccccc2)n1)NCc1cccc(NC(=O)C2CCCCC2)c1. The van der Waals surface area contributed by atoms with Crippen molar-refractivity contribution in [1.29, 1.82) is 0 Å². The molecule has 1 aliphatic rings. The van der Waals surface area contributed by atoms with Crippen molar-refractivity contribution >= 4 is 17.5 Å². The monoisotopic (exact) mass is 446 g/mol. The van der Waals surface area contributed by atoms with E-state index in [1.807, 2.05) is 54.6 Å². The van der Waals surface area contributed by atoms with Gasteiger partial charge in [0.25, 0.3) is 0 Å². The van der Waals surface area contributed by atoms with Gasteiger partial charge in [0.15, 0.2) is 0 Å². The minimum absolute atomic E-state index is 0.0324. The van der Waals surface area contributed by atoms with Gasteiger partial charge in [0, 0.05) is 30.1 Å². The lowest BCUT2D eigenvalue weighted by molar-refractivity contribution is -0.122. The Kier molecular flexibility index (Phi) is 7.79. The summed E-state index contributed by atoms with van der Waals surface area (Å²) in [7, 11) is 0. The van der Waals surface area contributed by atoms with E-state index in [0.717, 1.165) is 42.5 Å². The van der Waals surface area contributed by atoms with Gasteiger partial charge in [0.05, 0.1) is 6.54 Å². The van der Waals surface area contributed by atoms with Crippen LogP contribution in [0.1, 0.15) is 50.5 Å². The van der Waals surface area contributed by atoms with E-state index >= 15 is 0 Å². The van der Waals surface area contributed by atoms with E-state index in [9.17, 15) is 9.59 Å². The standard InChI is InChI=1S/C25H30N6O2/c32-23(15-8-16-31-29-24(28-30-31)20-10-3-1-4-11-20)26-18-19-9-7-14-22(17-19)27-25(33)21-12-5-2-6-13-21/h1,3-4,7,9-11,14,17,21H,2,5-6,8,12-13,15-16,18H2,(H,26,32)(H,27,33). The van der Waals surface area contributed by atoms with E-state index in [-0.39, 0.29) is 17.7 Å². The third kappa shape index (κ3) is 6.71. The van der Waals surface area contributed by atoms with Crippen LogP contribution in [0.4, 0.5) is 5.69 Å². The number of rotatable bonds is 9. The molecule has 0 unspecified atom stereocenters. The Bertz CT molecular complexity index is 1060. The number of benzene rings is 2. The summed E-state index contributed by atoms with van der Waals surface area (Å²) in [6.07, 6.45) is 6.42. The van der Waals surface area contributed by atoms with Crippen LogP contribution in [0, 0.1) is 5.92 Å². The maximum absolute atomic E-state index is 12.5. The number of carbonyl (C=O) groups is 2. The highest BCUT2D eigenvalue weighted by Gasteiger charge is 2.21. The van der Waals surface area contributed by atoms with Gasteiger partial charge in [-0.1, -0.05) is 61.7 Å². The van der Waals surface area contributed by atoms with Gasteiger partial charge in [-0.2, -0.15) is 4.80 Å². The maximum Gasteiger partial charge on any atom is 0.227 e. The third-order valence-electron chi connectivity index (χ3n) is 5.91. The average molecular weight is 447 g/mol. The van der Waals surface area contributed by atoms with Gasteiger partial charge in [0.2, 0.25) is 17.6 Å². The molecule has 1 aliphatic carbocycles. The molecule has 2 N–H and O–H groups in total. The number of hydrogen-bond donors (Lipinski definition) is 2. The fraction of sp³-hybridized carbons (Fsp3) is 0.400. The number of amides is 2. The van der Waals surface area contributed by atoms with E-state index in [1.54, 1.807) is 0 Å². The number of nitrogens with zero attached hydrogens (tertiary/aromatic N) is 4. The largest absolute Gasteiger partial charge is 0.352 e. The second kappa shape index (κ2) is 11.4. The Morgan fingerprint density at radius 3 is 2.64 bits per heavy atom. The highest BCUT2D eigenvalue weighted by atomic mass is 16.2. The molecule has 2 amide bonds. The summed E-state index contributed by atoms with van der Waals surface area (Å²) < 4.78 is 0. The van der Waals surface area contributed by atoms with E-state index in [1.165, 1.54) is 11.2 Å². The Hall–Kier alpha value is -3.55. The van der Waals surface area contributed by atoms with Crippen LogP contribution in [0.2, 0.25) is 0 Å². The molecule has 1 heterocycles. The summed E-state index contributed by atoms with van der Waals surface area (Å²) in [6, 6.07) is 17.3. The lowest BCUT2D eigenvalue weighted by Gasteiger charge is -2.20. The van der Waals surface area contributed by atoms with Gasteiger partial charge in [-0.25, -0.2) is 0 Å². The highest BCUT2D eigenvalue weighted by molar-refractivity contribution is 5.92. The van der Waals surface area contributed by atoms with Crippen LogP contribution >= 0.6 is 0 Å². The number of aryl methyl sites for hydroxylation is 1. The summed E-state index contributed by atoms with van der Waals surface area (Å²) in [4.78, 5) is 26.2. The van der Waals surface area contributed by atoms with Crippen LogP contribution < -0.4 is 10.6 Å². The zero-order valence-corrected chi connectivity index (χ0v) is 18.7. The fourth-order valence-electron chi connectivity index (χ4n) is 4.08. The molecule has 0 bridgehead atoms. The van der Waals surface area contributed by atoms with Crippen molar-refractivity contribution in [1.82, 2.24) is 25.5 Å². The second-order valence-electron chi connectivity index (χ2n) is 8.48. The van der Waals surface area contributed by atoms with Crippen LogP contribution in [0.15, 0.2) is 54.6 Å². The molecule has 33 heavy (non-hydrogen) atoms. The van der Waals surface area contributed by atoms with Crippen LogP contribution in [0.3, 0.4) is 0 Å². The molecular formula is C25H30N6O2. The van der Waals surface area contributed by atoms with Gasteiger partial charge in [-0.05, 0) is 42.2 Å². The van der Waals surface area contributed by atoms with Crippen molar-refractivity contribution in [2.24, 2.45) is 5.92 Å². The zero-order valence-electron chi connectivity index (χ0n) is 18.7. The molecular weight excluding hydrogens is 416 g/mol. The molecule has 0 spiro atoms. The molecule has 1 saturated carbocycles. The molecule has 1 fully saturated rings. The van der Waals surface area contributed by atoms with Gasteiger partial charge in [-0.15, -0.1) is 10.2 Å². The first-order valence-electron chi connectivity index (χ1n) is 11.7. The quantitative estimate of drug-likeness (QED) is 0.518. The molecule has 4 rings (SSSR count). The van der Waals surface area contributed by atoms with Crippen LogP contribution in [0.5, 0.6) is 0 Å². The number of anilines is 1. The Morgan fingerprint density at radius 1 is 1.00 bits per heavy atom. The second-order valence-corrected chi connectivity index (χ2v) is 8.48. The molecule has 3 aromatic rings. The lowest BCUT2D eigenvalue weighted by atomic mass is 9.88. The van der Waals surface area contributed by atoms with Gasteiger partial charge in [-0.3, -0.25) is 9.59 Å². The van der Waals surface area contributed by atoms with Gasteiger partial charge >= 0.3 is 0 Å². The molecule has 1 aromatic heterocycles. The number of carbonyl (C=O) groups excluding carboxylic acids is 2. The van der Waals surface area contributed by atoms with E-state index in [2.05, 4.69) is 26.0 Å². The number of aromatic nitrogens is 4. The third-order valence-corrected chi connectivity index (χ3v) is 5.91. The van der Waals surface area contributed by atoms with Crippen molar-refractivity contribution in [3.05, 3.63) is 60.2 Å². The van der Waals surface area contributed by atoms with Crippen molar-refractivity contribution in [3.63, 3.8) is 0 Å². The molecule has 8 nitrogen and oxygen atoms in total. The predicted octanol–water partition coefficient (Wildman–Crippen LogP) is 3.96. The van der Waals surface area contributed by atoms with Crippen LogP contribution in [0.25, 0.3) is 11.4 Å². The molecule has 8 heteroatoms. The molecule has 2 aromatic carbocycles. The van der Waals surface area contributed by atoms with Crippen LogP contribution in [-0.2, 0) is 22.7 Å². The Labute approximate surface area is 193 Å². The first-order chi connectivity index (χ1) is 16.2. The highest BCUT2D eigenvalue weighted by Crippen LogP contribution is 2.25. The average Bonchev–Trinajstić information content (AvgIpc) is 3.33. The molecule has 0 atom stereocenters. The van der Waals surface area contributed by atoms with Crippen molar-refractivity contribution in [3.8, 4) is 11.4 Å². The topological polar surface area (TPSA) is 102 Å². The number of tetrazole rings is 1. The van der Waals surface area contributed by atoms with E-state index < -0.39 is 0 Å². The summed E-state index contributed by atoms with van der Waals surface area (Å²) in [6.45, 7) is 0.946. The first-order valence-corrected chi connectivity index (χ1v) is 11.7. The summed E-state index contributed by atoms with van der Waals surface area (Å²) >= 11 is 0. The maximum atomic E-state index is 12.5. The Balaban J connectivity index is 1.19. The molecule has 0 radical (unpaired) electrons.